The number of likely N-dealkylation sites (N-methyl/N-ethyl adjacent to an activating group) is 3. The number of aromatic nitrogens is 3. The second-order valence-corrected chi connectivity index (χ2v) is 35.2. The number of aromatic amines is 2. The van der Waals surface area contributed by atoms with Crippen LogP contribution in [-0.4, -0.2) is 311 Å². The topological polar surface area (TPSA) is 627 Å². The van der Waals surface area contributed by atoms with E-state index >= 15 is 33.6 Å². The molecule has 3 aromatic carbocycles. The second kappa shape index (κ2) is 48.7. The van der Waals surface area contributed by atoms with Crippen molar-refractivity contribution in [2.75, 3.05) is 58.8 Å². The van der Waals surface area contributed by atoms with Gasteiger partial charge >= 0.3 is 5.97 Å². The first-order chi connectivity index (χ1) is 62.9. The number of aliphatic hydroxyl groups is 1. The molecule has 3 aromatic heterocycles. The van der Waals surface area contributed by atoms with Crippen molar-refractivity contribution in [3.8, 4) is 5.75 Å². The van der Waals surface area contributed by atoms with E-state index in [4.69, 9.17) is 17.2 Å². The zero-order valence-electron chi connectivity index (χ0n) is 74.6. The van der Waals surface area contributed by atoms with Crippen molar-refractivity contribution >= 4 is 150 Å². The van der Waals surface area contributed by atoms with Crippen molar-refractivity contribution in [2.24, 2.45) is 17.2 Å². The fourth-order valence-electron chi connectivity index (χ4n) is 16.1. The molecule has 3 aliphatic heterocycles. The van der Waals surface area contributed by atoms with Crippen LogP contribution in [0.5, 0.6) is 5.75 Å². The largest absolute Gasteiger partial charge is 0.508 e. The molecule has 42 nitrogen and oxygen atoms in total. The molecule has 21 N–H and O–H groups in total. The van der Waals surface area contributed by atoms with Gasteiger partial charge in [-0.05, 0) is 111 Å². The number of benzene rings is 3. The number of phenolic OH excluding ortho intramolecular Hbond substituents is 1. The fourth-order valence-corrected chi connectivity index (χ4v) is 17.9. The Morgan fingerprint density at radius 1 is 0.561 bits per heavy atom. The van der Waals surface area contributed by atoms with Crippen molar-refractivity contribution in [1.29, 1.82) is 0 Å². The van der Waals surface area contributed by atoms with Crippen LogP contribution in [0.25, 0.3) is 21.0 Å². The number of carbonyl (C=O) groups excluding carboxylic acids is 17. The molecule has 3 saturated heterocycles. The Morgan fingerprint density at radius 2 is 1.15 bits per heavy atom. The van der Waals surface area contributed by atoms with Crippen LogP contribution in [-0.2, 0) is 112 Å². The van der Waals surface area contributed by atoms with Gasteiger partial charge in [0, 0.05) is 107 Å². The van der Waals surface area contributed by atoms with Crippen LogP contribution in [0, 0.1) is 0 Å². The number of nitrogens with two attached hydrogens (primary N) is 3. The molecule has 6 heterocycles. The van der Waals surface area contributed by atoms with Crippen molar-refractivity contribution in [1.82, 2.24) is 92.6 Å². The molecule has 0 aliphatic carbocycles. The van der Waals surface area contributed by atoms with Gasteiger partial charge in [-0.2, -0.15) is 0 Å². The molecule has 0 bridgehead atoms. The number of phenols is 1. The number of fused-ring (bicyclic) bond motifs is 4. The maximum absolute atomic E-state index is 15.7. The van der Waals surface area contributed by atoms with Gasteiger partial charge in [-0.1, -0.05) is 88.1 Å². The third kappa shape index (κ3) is 28.0. The number of primary amides is 2. The summed E-state index contributed by atoms with van der Waals surface area (Å²) in [6, 6.07) is -2.03. The molecule has 9 rings (SSSR count). The van der Waals surface area contributed by atoms with Gasteiger partial charge in [0.2, 0.25) is 100 Å². The number of hydrogen-bond acceptors (Lipinski definition) is 24. The molecule has 0 unspecified atom stereocenters. The number of unbranched alkanes of at least 4 members (excludes halogenated alkanes) is 2. The minimum Gasteiger partial charge on any atom is -0.508 e. The Bertz CT molecular complexity index is 5150. The Kier molecular flexibility index (Phi) is 37.9. The van der Waals surface area contributed by atoms with Crippen LogP contribution in [0.2, 0.25) is 0 Å². The molecule has 3 fully saturated rings. The summed E-state index contributed by atoms with van der Waals surface area (Å²) in [4.78, 5) is 276. The number of imidazole rings is 1. The average molecular weight is 1870 g/mol. The lowest BCUT2D eigenvalue weighted by molar-refractivity contribution is -0.149. The van der Waals surface area contributed by atoms with Gasteiger partial charge in [-0.25, -0.2) is 4.98 Å². The number of para-hydroxylation sites is 1. The number of nitrogens with zero attached hydrogens (tertiary/aromatic N) is 6. The van der Waals surface area contributed by atoms with Crippen LogP contribution < -0.4 is 70.4 Å². The SMILES string of the molecule is CCCC[C@H]1C(=O)N(C)[C@@H](CCCC)C(=O)N[C@H](C)C(=O)N[C@H](C(=O)NCC(N)=O)CSCC(=O)N[C@@H](Cc2ccc(O)cc2)C(=O)N(C)[C@@H](C)C(=O)N[C@@H](CC(N)=O)C(=O)N2CCC[C@H]2C(=O)N[C@@H](Cc2c[nH]cn2)C(=O)N[C@@H](CCC(=O)O)C(=O)N2C[C@H](O)C[C@H]2C(=O)N[C@@H](Cc2c[nH]c3ccccc23)C(=O)N[C@@H](CCN)C(=O)N[C@@H](Cc2csc3ccccc23)C(=O)N1C. The van der Waals surface area contributed by atoms with E-state index < -0.39 is 254 Å². The highest BCUT2D eigenvalue weighted by Gasteiger charge is 2.47. The van der Waals surface area contributed by atoms with Crippen molar-refractivity contribution < 1.29 is 102 Å². The molecule has 0 radical (unpaired) electrons. The maximum atomic E-state index is 15.7. The van der Waals surface area contributed by atoms with Gasteiger partial charge < -0.3 is 120 Å². The number of carboxylic acid groups (broad SMARTS) is 1. The summed E-state index contributed by atoms with van der Waals surface area (Å²) in [5, 5.41) is 61.0. The first-order valence-electron chi connectivity index (χ1n) is 43.8. The quantitative estimate of drug-likeness (QED) is 0.0304. The lowest BCUT2D eigenvalue weighted by Crippen LogP contribution is -2.61. The van der Waals surface area contributed by atoms with Gasteiger partial charge in [0.25, 0.3) is 0 Å². The van der Waals surface area contributed by atoms with E-state index in [2.05, 4.69) is 68.1 Å². The fraction of sp³-hybridized carbons (Fsp3) is 0.511. The molecule has 3 aliphatic rings. The molecule has 44 heteroatoms. The third-order valence-corrected chi connectivity index (χ3v) is 25.6. The number of aliphatic hydroxyl groups excluding tert-OH is 1. The highest BCUT2D eigenvalue weighted by atomic mass is 32.2. The number of thiophene rings is 1. The van der Waals surface area contributed by atoms with Crippen LogP contribution in [0.4, 0.5) is 0 Å². The van der Waals surface area contributed by atoms with Crippen LogP contribution >= 0.6 is 23.1 Å². The lowest BCUT2D eigenvalue weighted by Gasteiger charge is -2.36. The van der Waals surface area contributed by atoms with Gasteiger partial charge in [-0.15, -0.1) is 23.1 Å². The second-order valence-electron chi connectivity index (χ2n) is 33.2. The number of rotatable bonds is 24. The van der Waals surface area contributed by atoms with Gasteiger partial charge in [-0.3, -0.25) is 86.3 Å². The number of H-pyrrole nitrogens is 2. The smallest absolute Gasteiger partial charge is 0.303 e. The lowest BCUT2D eigenvalue weighted by atomic mass is 10.00. The number of aromatic hydroxyl groups is 1. The van der Waals surface area contributed by atoms with Crippen molar-refractivity contribution in [2.45, 2.75) is 228 Å². The molecular formula is C88H119N21O21S2. The van der Waals surface area contributed by atoms with E-state index in [-0.39, 0.29) is 75.9 Å². The van der Waals surface area contributed by atoms with E-state index in [1.165, 1.54) is 92.9 Å². The zero-order chi connectivity index (χ0) is 96.3. The summed E-state index contributed by atoms with van der Waals surface area (Å²) in [6.07, 6.45) is 0.493. The highest BCUT2D eigenvalue weighted by molar-refractivity contribution is 8.00. The molecule has 15 atom stereocenters. The first-order valence-corrected chi connectivity index (χ1v) is 45.8. The van der Waals surface area contributed by atoms with E-state index in [1.807, 2.05) is 37.4 Å². The standard InChI is InChI=1S/C88H119N21O21S2/c1-8-10-20-66-81(123)96-47(3)75(117)104-65(77(119)94-41-72(91)113)44-131-45-73(114)97-62(33-49-24-26-53(110)27-25-49)84(126)105(5)48(4)76(118)102-64(38-71(90)112)87(129)108-32-16-22-67(108)82(124)101-61(36-52-40-92-46-95-52)80(122)99-59(28-29-74(115)116)86(128)109-42-54(111)37-69(109)83(125)100-60(34-50-39-93-57-19-14-12-17-55(50)57)79(121)98-58(30-31-89)78(120)103-63(35-51-43-132-70-23-15-13-18-56(51)70)85(127)107(7)68(21-11-9-2)88(130)106(66)6/h12-15,17-19,23-27,39-40,43,46-48,54,58-69,93,110-111H,8-11,16,20-22,28-38,41-42,44-45,89H2,1-7H3,(H2,90,112)(H2,91,113)(H,92,95)(H,94,119)(H,96,123)(H,97,114)(H,98,121)(H,99,122)(H,100,125)(H,101,124)(H,102,118)(H,103,120)(H,104,117)(H,115,116)/t47-,48+,54-,58+,59+,60+,61+,62+,63+,64+,65+,66+,67+,68+,69+/m1/s1. The summed E-state index contributed by atoms with van der Waals surface area (Å²) in [5.74, 6) is -18.7. The van der Waals surface area contributed by atoms with Gasteiger partial charge in [0.1, 0.15) is 90.3 Å². The number of aliphatic carboxylic acids is 1. The van der Waals surface area contributed by atoms with E-state index in [0.29, 0.717) is 53.3 Å². The van der Waals surface area contributed by atoms with E-state index in [0.717, 1.165) is 36.5 Å². The van der Waals surface area contributed by atoms with Crippen LogP contribution in [0.3, 0.4) is 0 Å². The Hall–Kier alpha value is -13.1. The van der Waals surface area contributed by atoms with Crippen molar-refractivity contribution in [3.05, 3.63) is 119 Å². The average Bonchev–Trinajstić information content (AvgIpc) is 1.20. The number of nitrogens with one attached hydrogen (secondary N) is 12. The predicted octanol–water partition coefficient (Wildman–Crippen LogP) is -2.26. The maximum Gasteiger partial charge on any atom is 0.303 e. The molecule has 0 spiro atoms. The van der Waals surface area contributed by atoms with E-state index in [1.54, 1.807) is 36.5 Å². The zero-order valence-corrected chi connectivity index (χ0v) is 76.2. The number of hydrogen-bond donors (Lipinski definition) is 18. The van der Waals surface area contributed by atoms with Crippen LogP contribution in [0.15, 0.2) is 96.9 Å². The normalized spacial score (nSPS) is 25.0. The van der Waals surface area contributed by atoms with Gasteiger partial charge in [0.15, 0.2) is 0 Å². The van der Waals surface area contributed by atoms with Crippen molar-refractivity contribution in [3.63, 3.8) is 0 Å². The number of carbonyl (C=O) groups is 18. The Morgan fingerprint density at radius 3 is 1.81 bits per heavy atom. The Labute approximate surface area is 769 Å². The molecule has 132 heavy (non-hydrogen) atoms. The molecule has 6 aromatic rings. The molecule has 714 valence electrons. The summed E-state index contributed by atoms with van der Waals surface area (Å²) in [5.41, 5.74) is 19.6. The summed E-state index contributed by atoms with van der Waals surface area (Å²) >= 11 is 2.14. The summed E-state index contributed by atoms with van der Waals surface area (Å²) in [7, 11) is 3.94. The van der Waals surface area contributed by atoms with Crippen LogP contribution in [0.1, 0.15) is 134 Å². The predicted molar refractivity (Wildman–Crippen MR) is 484 cm³/mol. The molecule has 17 amide bonds. The molecule has 0 saturated carbocycles. The third-order valence-electron chi connectivity index (χ3n) is 23.5. The summed E-state index contributed by atoms with van der Waals surface area (Å²) < 4.78 is 0.829. The molecular weight excluding hydrogens is 1750 g/mol. The van der Waals surface area contributed by atoms with Gasteiger partial charge in [0.05, 0.1) is 36.8 Å². The number of carboxylic acids is 1. The first kappa shape index (κ1) is 103. The number of thioether (sulfide) groups is 1. The minimum absolute atomic E-state index is 0.0299. The highest BCUT2D eigenvalue weighted by Crippen LogP contribution is 2.30. The number of amides is 17. The van der Waals surface area contributed by atoms with E-state index in [9.17, 15) is 68.1 Å². The minimum atomic E-state index is -1.84. The summed E-state index contributed by atoms with van der Waals surface area (Å²) in [6.45, 7) is 4.57. The Balaban J connectivity index is 1.09. The monoisotopic (exact) mass is 1870 g/mol.